The molecule has 3 heterocycles. The van der Waals surface area contributed by atoms with Crippen LogP contribution in [0.5, 0.6) is 5.75 Å². The van der Waals surface area contributed by atoms with E-state index in [2.05, 4.69) is 31.2 Å². The average molecular weight is 665 g/mol. The molecule has 2 aromatic carbocycles. The molecule has 1 unspecified atom stereocenters. The number of hydrogen-bond acceptors (Lipinski definition) is 8. The average Bonchev–Trinajstić information content (AvgIpc) is 3.48. The molecule has 2 aromatic heterocycles. The highest BCUT2D eigenvalue weighted by Gasteiger charge is 2.21. The summed E-state index contributed by atoms with van der Waals surface area (Å²) < 4.78 is 31.6. The minimum absolute atomic E-state index is 0.00329. The molecule has 0 aliphatic carbocycles. The van der Waals surface area contributed by atoms with Gasteiger partial charge < -0.3 is 31.1 Å². The van der Waals surface area contributed by atoms with Gasteiger partial charge in [-0.2, -0.15) is 8.78 Å². The van der Waals surface area contributed by atoms with E-state index in [-0.39, 0.29) is 42.5 Å². The van der Waals surface area contributed by atoms with Crippen LogP contribution in [0.4, 0.5) is 14.5 Å². The predicted octanol–water partition coefficient (Wildman–Crippen LogP) is 5.08. The molecule has 13 heteroatoms. The monoisotopic (exact) mass is 664 g/mol. The number of nitrogens with one attached hydrogen (secondary N) is 4. The molecule has 47 heavy (non-hydrogen) atoms. The summed E-state index contributed by atoms with van der Waals surface area (Å²) in [6.07, 6.45) is 4.39. The molecule has 10 nitrogen and oxygen atoms in total. The largest absolute Gasteiger partial charge is 0.434 e. The highest BCUT2D eigenvalue weighted by atomic mass is 35.5. The van der Waals surface area contributed by atoms with Crippen molar-refractivity contribution in [3.05, 3.63) is 94.4 Å². The highest BCUT2D eigenvalue weighted by molar-refractivity contribution is 6.35. The van der Waals surface area contributed by atoms with Gasteiger partial charge in [0.25, 0.3) is 5.91 Å². The van der Waals surface area contributed by atoms with Gasteiger partial charge in [0.05, 0.1) is 17.3 Å². The van der Waals surface area contributed by atoms with Crippen molar-refractivity contribution in [2.45, 2.75) is 45.5 Å². The number of alkyl halides is 2. The molecular weight excluding hydrogens is 630 g/mol. The lowest BCUT2D eigenvalue weighted by Gasteiger charge is -2.17. The third-order valence-corrected chi connectivity index (χ3v) is 8.17. The third kappa shape index (κ3) is 8.66. The lowest BCUT2D eigenvalue weighted by Crippen LogP contribution is -2.35. The number of benzene rings is 2. The van der Waals surface area contributed by atoms with E-state index in [1.54, 1.807) is 54.9 Å². The Labute approximate surface area is 275 Å². The van der Waals surface area contributed by atoms with Crippen molar-refractivity contribution in [2.24, 2.45) is 0 Å². The van der Waals surface area contributed by atoms with Crippen LogP contribution in [0.25, 0.3) is 22.4 Å². The van der Waals surface area contributed by atoms with Crippen LogP contribution in [0.15, 0.2) is 67.0 Å². The van der Waals surface area contributed by atoms with E-state index in [9.17, 15) is 18.4 Å². The van der Waals surface area contributed by atoms with Gasteiger partial charge in [0.1, 0.15) is 11.4 Å². The Balaban J connectivity index is 1.34. The molecule has 0 spiro atoms. The van der Waals surface area contributed by atoms with Crippen molar-refractivity contribution in [2.75, 3.05) is 25.0 Å². The van der Waals surface area contributed by atoms with Gasteiger partial charge in [0.2, 0.25) is 5.91 Å². The van der Waals surface area contributed by atoms with Crippen molar-refractivity contribution in [3.63, 3.8) is 0 Å². The van der Waals surface area contributed by atoms with E-state index in [0.29, 0.717) is 59.1 Å². The number of nitrogens with zero attached hydrogens (tertiary/aromatic N) is 2. The second-order valence-electron chi connectivity index (χ2n) is 11.0. The van der Waals surface area contributed by atoms with Gasteiger partial charge in [-0.25, -0.2) is 0 Å². The molecule has 1 aliphatic rings. The predicted molar refractivity (Wildman–Crippen MR) is 175 cm³/mol. The molecule has 0 bridgehead atoms. The summed E-state index contributed by atoms with van der Waals surface area (Å²) in [7, 11) is 0. The molecule has 1 saturated heterocycles. The fraction of sp³-hybridized carbons (Fsp3) is 0.294. The smallest absolute Gasteiger partial charge is 0.387 e. The lowest BCUT2D eigenvalue weighted by atomic mass is 9.97. The van der Waals surface area contributed by atoms with Crippen molar-refractivity contribution in [1.82, 2.24) is 25.9 Å². The molecule has 4 aromatic rings. The number of rotatable bonds is 14. The number of aromatic nitrogens is 2. The lowest BCUT2D eigenvalue weighted by molar-refractivity contribution is -0.119. The molecule has 1 fully saturated rings. The zero-order valence-electron chi connectivity index (χ0n) is 25.7. The molecule has 1 atom stereocenters. The second kappa shape index (κ2) is 15.9. The summed E-state index contributed by atoms with van der Waals surface area (Å²) in [6, 6.07) is 15.5. The fourth-order valence-electron chi connectivity index (χ4n) is 5.34. The Bertz CT molecular complexity index is 1720. The number of ether oxygens (including phenoxy) is 1. The second-order valence-corrected chi connectivity index (χ2v) is 11.4. The van der Waals surface area contributed by atoms with Gasteiger partial charge in [-0.3, -0.25) is 19.6 Å². The summed E-state index contributed by atoms with van der Waals surface area (Å²) in [5.41, 5.74) is 5.23. The number of carbonyl (C=O) groups excluding carboxylic acids is 2. The molecule has 1 aliphatic heterocycles. The first-order valence-corrected chi connectivity index (χ1v) is 15.5. The Hall–Kier alpha value is -4.49. The zero-order valence-corrected chi connectivity index (χ0v) is 26.4. The Morgan fingerprint density at radius 3 is 2.68 bits per heavy atom. The summed E-state index contributed by atoms with van der Waals surface area (Å²) in [6.45, 7) is 0.607. The van der Waals surface area contributed by atoms with E-state index < -0.39 is 6.61 Å². The number of hydrogen-bond donors (Lipinski definition) is 5. The molecule has 246 valence electrons. The van der Waals surface area contributed by atoms with Crippen LogP contribution >= 0.6 is 11.6 Å². The highest BCUT2D eigenvalue weighted by Crippen LogP contribution is 2.39. The molecular formula is C34H35ClF2N6O4. The number of aliphatic hydroxyl groups is 1. The molecule has 0 radical (unpaired) electrons. The van der Waals surface area contributed by atoms with E-state index in [4.69, 9.17) is 21.4 Å². The summed E-state index contributed by atoms with van der Waals surface area (Å²) in [4.78, 5) is 33.2. The van der Waals surface area contributed by atoms with Crippen LogP contribution < -0.4 is 26.0 Å². The van der Waals surface area contributed by atoms with Crippen LogP contribution in [-0.4, -0.2) is 59.2 Å². The summed E-state index contributed by atoms with van der Waals surface area (Å²) in [5.74, 6) is -0.382. The Kier molecular flexibility index (Phi) is 11.4. The summed E-state index contributed by atoms with van der Waals surface area (Å²) >= 11 is 6.92. The molecule has 2 amide bonds. The van der Waals surface area contributed by atoms with Crippen LogP contribution in [0.2, 0.25) is 5.02 Å². The quantitative estimate of drug-likeness (QED) is 0.118. The molecule has 5 rings (SSSR count). The van der Waals surface area contributed by atoms with Crippen molar-refractivity contribution in [3.8, 4) is 28.1 Å². The van der Waals surface area contributed by atoms with Gasteiger partial charge in [-0.1, -0.05) is 41.9 Å². The third-order valence-electron chi connectivity index (χ3n) is 7.78. The zero-order chi connectivity index (χ0) is 33.3. The Morgan fingerprint density at radius 1 is 1.11 bits per heavy atom. The van der Waals surface area contributed by atoms with Gasteiger partial charge in [0, 0.05) is 73.4 Å². The topological polar surface area (TPSA) is 138 Å². The van der Waals surface area contributed by atoms with Gasteiger partial charge in [0.15, 0.2) is 0 Å². The summed E-state index contributed by atoms with van der Waals surface area (Å²) in [5, 5.41) is 21.3. The van der Waals surface area contributed by atoms with E-state index in [0.717, 1.165) is 23.1 Å². The number of aliphatic hydroxyl groups excluding tert-OH is 1. The first-order chi connectivity index (χ1) is 22.7. The minimum Gasteiger partial charge on any atom is -0.434 e. The number of carbonyl (C=O) groups is 2. The maximum atomic E-state index is 13.4. The number of halogens is 3. The van der Waals surface area contributed by atoms with Crippen LogP contribution in [0.3, 0.4) is 0 Å². The fourth-order valence-corrected chi connectivity index (χ4v) is 5.67. The Morgan fingerprint density at radius 2 is 1.96 bits per heavy atom. The standard InChI is InChI=1S/C34H35ClF2N6O4/c1-20-25(3-2-4-27(20)43-33(46)28-9-5-21(17-41-28)16-38-13-14-44)26-11-12-40-32(31(26)35)22-6-7-23(29(15-22)47-34(36)37)18-39-19-24-8-10-30(45)42-24/h2-7,9,11-12,15,17,24,34,38-39,44H,8,10,13-14,16,18-19H2,1H3,(H,42,45)(H,43,46). The normalized spacial score (nSPS) is 14.3. The minimum atomic E-state index is -3.03. The first-order valence-electron chi connectivity index (χ1n) is 15.1. The molecule has 0 saturated carbocycles. The number of amides is 2. The number of anilines is 1. The first kappa shape index (κ1) is 33.9. The van der Waals surface area contributed by atoms with E-state index >= 15 is 0 Å². The van der Waals surface area contributed by atoms with Crippen LogP contribution in [0, 0.1) is 6.92 Å². The van der Waals surface area contributed by atoms with Gasteiger partial charge >= 0.3 is 6.61 Å². The molecule has 5 N–H and O–H groups in total. The number of pyridine rings is 2. The van der Waals surface area contributed by atoms with Crippen LogP contribution in [-0.2, 0) is 17.9 Å². The van der Waals surface area contributed by atoms with Crippen molar-refractivity contribution in [1.29, 1.82) is 0 Å². The maximum Gasteiger partial charge on any atom is 0.387 e. The van der Waals surface area contributed by atoms with E-state index in [1.807, 2.05) is 13.0 Å². The van der Waals surface area contributed by atoms with Gasteiger partial charge in [-0.15, -0.1) is 0 Å². The maximum absolute atomic E-state index is 13.4. The van der Waals surface area contributed by atoms with Crippen molar-refractivity contribution < 1.29 is 28.2 Å². The van der Waals surface area contributed by atoms with Crippen molar-refractivity contribution >= 4 is 29.1 Å². The van der Waals surface area contributed by atoms with Crippen LogP contribution in [0.1, 0.15) is 40.0 Å². The van der Waals surface area contributed by atoms with E-state index in [1.165, 1.54) is 6.07 Å². The van der Waals surface area contributed by atoms with Gasteiger partial charge in [-0.05, 0) is 54.3 Å². The SMILES string of the molecule is Cc1c(NC(=O)c2ccc(CNCCO)cn2)cccc1-c1ccnc(-c2ccc(CNCC3CCC(=O)N3)c(OC(F)F)c2)c1Cl.